The average Bonchev–Trinajstić information content (AvgIpc) is 3.20. The van der Waals surface area contributed by atoms with Gasteiger partial charge in [0.25, 0.3) is 0 Å². The van der Waals surface area contributed by atoms with E-state index in [1.165, 1.54) is 4.70 Å². The molecule has 1 aliphatic carbocycles. The summed E-state index contributed by atoms with van der Waals surface area (Å²) in [4.78, 5) is 31.3. The standard InChI is InChI=1S/C24H23N5O2S/c30-23(17-1-2-17)28-10-9-15(13-28)11-22-26-27-24(31)29(22)19-6-3-16(4-7-19)18-5-8-21-20(12-18)25-14-32-21/h3-8,12,14-15,17H,1-2,9-11,13H2,(H,27,31). The number of amides is 1. The summed E-state index contributed by atoms with van der Waals surface area (Å²) >= 11 is 1.63. The Kier molecular flexibility index (Phi) is 4.68. The van der Waals surface area contributed by atoms with Crippen molar-refractivity contribution in [3.8, 4) is 16.8 Å². The van der Waals surface area contributed by atoms with Gasteiger partial charge in [0.15, 0.2) is 0 Å². The molecule has 1 saturated heterocycles. The first-order valence-electron chi connectivity index (χ1n) is 11.0. The summed E-state index contributed by atoms with van der Waals surface area (Å²) in [7, 11) is 0. The fourth-order valence-corrected chi connectivity index (χ4v) is 5.28. The first-order chi connectivity index (χ1) is 15.7. The van der Waals surface area contributed by atoms with Crippen LogP contribution in [-0.4, -0.2) is 43.6 Å². The van der Waals surface area contributed by atoms with E-state index < -0.39 is 0 Å². The van der Waals surface area contributed by atoms with Gasteiger partial charge in [0.2, 0.25) is 5.91 Å². The molecule has 2 fully saturated rings. The number of H-pyrrole nitrogens is 1. The summed E-state index contributed by atoms with van der Waals surface area (Å²) in [5, 5.41) is 6.90. The van der Waals surface area contributed by atoms with Crippen LogP contribution >= 0.6 is 11.3 Å². The van der Waals surface area contributed by atoms with Gasteiger partial charge in [-0.15, -0.1) is 11.3 Å². The Labute approximate surface area is 188 Å². The van der Waals surface area contributed by atoms with Crippen molar-refractivity contribution >= 4 is 27.5 Å². The highest BCUT2D eigenvalue weighted by molar-refractivity contribution is 7.16. The Hall–Kier alpha value is -3.26. The molecule has 1 unspecified atom stereocenters. The number of hydrogen-bond acceptors (Lipinski definition) is 5. The van der Waals surface area contributed by atoms with E-state index in [1.807, 2.05) is 34.7 Å². The number of fused-ring (bicyclic) bond motifs is 1. The predicted octanol–water partition coefficient (Wildman–Crippen LogP) is 3.64. The van der Waals surface area contributed by atoms with Gasteiger partial charge in [-0.2, -0.15) is 5.10 Å². The zero-order valence-electron chi connectivity index (χ0n) is 17.5. The highest BCUT2D eigenvalue weighted by Crippen LogP contribution is 2.33. The number of aromatic amines is 1. The van der Waals surface area contributed by atoms with Crippen LogP contribution in [0.15, 0.2) is 52.8 Å². The average molecular weight is 446 g/mol. The normalized spacial score (nSPS) is 18.5. The van der Waals surface area contributed by atoms with Crippen LogP contribution in [0, 0.1) is 11.8 Å². The van der Waals surface area contributed by atoms with Crippen LogP contribution in [0.25, 0.3) is 27.0 Å². The summed E-state index contributed by atoms with van der Waals surface area (Å²) in [6, 6.07) is 14.2. The number of likely N-dealkylation sites (tertiary alicyclic amines) is 1. The number of carbonyl (C=O) groups excluding carboxylic acids is 1. The number of benzene rings is 2. The van der Waals surface area contributed by atoms with E-state index in [-0.39, 0.29) is 11.6 Å². The van der Waals surface area contributed by atoms with E-state index in [0.29, 0.717) is 18.2 Å². The van der Waals surface area contributed by atoms with Crippen molar-refractivity contribution in [2.45, 2.75) is 25.7 Å². The molecule has 32 heavy (non-hydrogen) atoms. The van der Waals surface area contributed by atoms with E-state index in [0.717, 1.165) is 60.5 Å². The number of nitrogens with one attached hydrogen (secondary N) is 1. The molecule has 0 radical (unpaired) electrons. The van der Waals surface area contributed by atoms with Crippen molar-refractivity contribution in [1.82, 2.24) is 24.6 Å². The fraction of sp³-hybridized carbons (Fsp3) is 0.333. The second-order valence-electron chi connectivity index (χ2n) is 8.78. The monoisotopic (exact) mass is 445 g/mol. The van der Waals surface area contributed by atoms with Crippen molar-refractivity contribution in [3.63, 3.8) is 0 Å². The molecule has 2 aliphatic rings. The summed E-state index contributed by atoms with van der Waals surface area (Å²) < 4.78 is 2.82. The van der Waals surface area contributed by atoms with Gasteiger partial charge in [0, 0.05) is 25.4 Å². The summed E-state index contributed by atoms with van der Waals surface area (Å²) in [5.74, 6) is 1.61. The lowest BCUT2D eigenvalue weighted by Gasteiger charge is -2.16. The molecule has 162 valence electrons. The predicted molar refractivity (Wildman–Crippen MR) is 124 cm³/mol. The van der Waals surface area contributed by atoms with Crippen LogP contribution in [0.3, 0.4) is 0 Å². The van der Waals surface area contributed by atoms with Crippen LogP contribution in [0.1, 0.15) is 25.1 Å². The second-order valence-corrected chi connectivity index (χ2v) is 9.67. The van der Waals surface area contributed by atoms with Crippen LogP contribution in [0.5, 0.6) is 0 Å². The summed E-state index contributed by atoms with van der Waals surface area (Å²) in [6.07, 6.45) is 3.70. The molecule has 4 aromatic rings. The smallest absolute Gasteiger partial charge is 0.342 e. The van der Waals surface area contributed by atoms with Gasteiger partial charge in [-0.05, 0) is 60.6 Å². The highest BCUT2D eigenvalue weighted by atomic mass is 32.1. The Balaban J connectivity index is 1.22. The molecule has 2 aromatic carbocycles. The molecule has 1 saturated carbocycles. The molecule has 0 spiro atoms. The number of rotatable bonds is 5. The van der Waals surface area contributed by atoms with Gasteiger partial charge >= 0.3 is 5.69 Å². The molecule has 7 nitrogen and oxygen atoms in total. The minimum Gasteiger partial charge on any atom is -0.342 e. The van der Waals surface area contributed by atoms with E-state index in [4.69, 9.17) is 0 Å². The summed E-state index contributed by atoms with van der Waals surface area (Å²) in [6.45, 7) is 1.57. The van der Waals surface area contributed by atoms with Gasteiger partial charge in [-0.25, -0.2) is 19.4 Å². The van der Waals surface area contributed by atoms with Crippen LogP contribution in [-0.2, 0) is 11.2 Å². The molecule has 3 heterocycles. The SMILES string of the molecule is O=C(C1CC1)N1CCC(Cc2n[nH]c(=O)n2-c2ccc(-c3ccc4scnc4c3)cc2)C1. The number of nitrogens with zero attached hydrogens (tertiary/aromatic N) is 4. The van der Waals surface area contributed by atoms with Crippen molar-refractivity contribution in [2.75, 3.05) is 13.1 Å². The van der Waals surface area contributed by atoms with Crippen LogP contribution in [0.2, 0.25) is 0 Å². The molecule has 6 rings (SSSR count). The molecule has 8 heteroatoms. The maximum atomic E-state index is 12.5. The molecular formula is C24H23N5O2S. The molecule has 1 N–H and O–H groups in total. The van der Waals surface area contributed by atoms with Crippen molar-refractivity contribution < 1.29 is 4.79 Å². The third-order valence-corrected chi connectivity index (χ3v) is 7.34. The molecular weight excluding hydrogens is 422 g/mol. The quantitative estimate of drug-likeness (QED) is 0.508. The van der Waals surface area contributed by atoms with E-state index in [2.05, 4.69) is 33.4 Å². The zero-order valence-corrected chi connectivity index (χ0v) is 18.3. The maximum Gasteiger partial charge on any atom is 0.347 e. The molecule has 2 aromatic heterocycles. The maximum absolute atomic E-state index is 12.5. The van der Waals surface area contributed by atoms with Gasteiger partial charge in [-0.3, -0.25) is 4.79 Å². The molecule has 1 atom stereocenters. The van der Waals surface area contributed by atoms with Crippen molar-refractivity contribution in [1.29, 1.82) is 0 Å². The van der Waals surface area contributed by atoms with Crippen molar-refractivity contribution in [2.24, 2.45) is 11.8 Å². The molecule has 1 aliphatic heterocycles. The lowest BCUT2D eigenvalue weighted by molar-refractivity contribution is -0.131. The minimum absolute atomic E-state index is 0.236. The first-order valence-corrected chi connectivity index (χ1v) is 11.9. The topological polar surface area (TPSA) is 83.9 Å². The van der Waals surface area contributed by atoms with Gasteiger partial charge < -0.3 is 4.90 Å². The van der Waals surface area contributed by atoms with Crippen molar-refractivity contribution in [3.05, 3.63) is 64.3 Å². The highest BCUT2D eigenvalue weighted by Gasteiger charge is 2.36. The minimum atomic E-state index is -0.236. The summed E-state index contributed by atoms with van der Waals surface area (Å²) in [5.41, 5.74) is 5.58. The van der Waals surface area contributed by atoms with E-state index in [1.54, 1.807) is 15.9 Å². The van der Waals surface area contributed by atoms with Gasteiger partial charge in [-0.1, -0.05) is 18.2 Å². The van der Waals surface area contributed by atoms with Gasteiger partial charge in [0.1, 0.15) is 5.82 Å². The largest absolute Gasteiger partial charge is 0.347 e. The second kappa shape index (κ2) is 7.70. The van der Waals surface area contributed by atoms with Gasteiger partial charge in [0.05, 0.1) is 21.4 Å². The van der Waals surface area contributed by atoms with Crippen LogP contribution < -0.4 is 5.69 Å². The number of thiazole rings is 1. The third kappa shape index (κ3) is 3.54. The first kappa shape index (κ1) is 19.4. The number of hydrogen-bond donors (Lipinski definition) is 1. The van der Waals surface area contributed by atoms with E-state index in [9.17, 15) is 9.59 Å². The fourth-order valence-electron chi connectivity index (χ4n) is 4.62. The Bertz CT molecular complexity index is 1350. The van der Waals surface area contributed by atoms with E-state index >= 15 is 0 Å². The Morgan fingerprint density at radius 2 is 1.91 bits per heavy atom. The zero-order chi connectivity index (χ0) is 21.7. The lowest BCUT2D eigenvalue weighted by atomic mass is 10.0. The Morgan fingerprint density at radius 1 is 1.09 bits per heavy atom. The number of aromatic nitrogens is 4. The third-order valence-electron chi connectivity index (χ3n) is 6.53. The van der Waals surface area contributed by atoms with Crippen LogP contribution in [0.4, 0.5) is 0 Å². The molecule has 1 amide bonds. The number of carbonyl (C=O) groups is 1. The molecule has 0 bridgehead atoms. The lowest BCUT2D eigenvalue weighted by Crippen LogP contribution is -2.30. The Morgan fingerprint density at radius 3 is 2.72 bits per heavy atom.